The van der Waals surface area contributed by atoms with Gasteiger partial charge in [-0.05, 0) is 24.6 Å². The van der Waals surface area contributed by atoms with E-state index >= 15 is 0 Å². The van der Waals surface area contributed by atoms with Crippen LogP contribution in [0.3, 0.4) is 0 Å². The van der Waals surface area contributed by atoms with E-state index in [1.54, 1.807) is 4.90 Å². The van der Waals surface area contributed by atoms with Gasteiger partial charge in [-0.25, -0.2) is 0 Å². The number of amides is 2. The average molecular weight is 387 g/mol. The average Bonchev–Trinajstić information content (AvgIpc) is 2.66. The van der Waals surface area contributed by atoms with Gasteiger partial charge in [-0.15, -0.1) is 11.8 Å². The smallest absolute Gasteiger partial charge is 0.246 e. The van der Waals surface area contributed by atoms with Crippen molar-refractivity contribution in [1.82, 2.24) is 10.2 Å². The molecule has 0 aliphatic carbocycles. The summed E-state index contributed by atoms with van der Waals surface area (Å²) < 4.78 is 0. The first-order valence-corrected chi connectivity index (χ1v) is 9.88. The molecule has 2 aromatic carbocycles. The standard InChI is InChI=1S/C21H26N2O3S/c1-16-8-10-19(11-9-16)27-15-20(22-17(2)25)21(26)23(12-13-24)14-18-6-4-3-5-7-18/h3-11,20,24H,12-15H2,1-2H3,(H,22,25). The number of carbonyl (C=O) groups is 2. The van der Waals surface area contributed by atoms with Crippen LogP contribution in [0.2, 0.25) is 0 Å². The Morgan fingerprint density at radius 1 is 1.11 bits per heavy atom. The third-order valence-electron chi connectivity index (χ3n) is 4.01. The number of rotatable bonds is 9. The van der Waals surface area contributed by atoms with Gasteiger partial charge >= 0.3 is 0 Å². The predicted octanol–water partition coefficient (Wildman–Crippen LogP) is 2.61. The maximum absolute atomic E-state index is 13.0. The highest BCUT2D eigenvalue weighted by molar-refractivity contribution is 7.99. The second kappa shape index (κ2) is 10.7. The molecule has 0 saturated heterocycles. The van der Waals surface area contributed by atoms with Crippen molar-refractivity contribution in [2.45, 2.75) is 31.3 Å². The Balaban J connectivity index is 2.09. The lowest BCUT2D eigenvalue weighted by molar-refractivity contribution is -0.136. The van der Waals surface area contributed by atoms with Gasteiger partial charge in [0, 0.05) is 30.7 Å². The minimum atomic E-state index is -0.649. The molecule has 0 bridgehead atoms. The Hall–Kier alpha value is -2.31. The highest BCUT2D eigenvalue weighted by atomic mass is 32.2. The zero-order valence-corrected chi connectivity index (χ0v) is 16.5. The summed E-state index contributed by atoms with van der Waals surface area (Å²) in [5.74, 6) is -0.0118. The first-order valence-electron chi connectivity index (χ1n) is 8.89. The molecule has 6 heteroatoms. The van der Waals surface area contributed by atoms with Crippen LogP contribution >= 0.6 is 11.8 Å². The first kappa shape index (κ1) is 21.0. The second-order valence-corrected chi connectivity index (χ2v) is 7.44. The quantitative estimate of drug-likeness (QED) is 0.650. The van der Waals surface area contributed by atoms with Gasteiger partial charge in [-0.1, -0.05) is 48.0 Å². The number of benzene rings is 2. The summed E-state index contributed by atoms with van der Waals surface area (Å²) >= 11 is 1.52. The largest absolute Gasteiger partial charge is 0.395 e. The van der Waals surface area contributed by atoms with Crippen molar-refractivity contribution in [3.05, 3.63) is 65.7 Å². The summed E-state index contributed by atoms with van der Waals surface area (Å²) in [5.41, 5.74) is 2.15. The van der Waals surface area contributed by atoms with Gasteiger partial charge in [0.25, 0.3) is 0 Å². The molecule has 27 heavy (non-hydrogen) atoms. The zero-order chi connectivity index (χ0) is 19.6. The van der Waals surface area contributed by atoms with Crippen LogP contribution in [0.5, 0.6) is 0 Å². The van der Waals surface area contributed by atoms with E-state index in [0.717, 1.165) is 10.5 Å². The fourth-order valence-electron chi connectivity index (χ4n) is 2.65. The van der Waals surface area contributed by atoms with Crippen LogP contribution in [-0.4, -0.2) is 46.8 Å². The maximum Gasteiger partial charge on any atom is 0.246 e. The molecule has 0 aromatic heterocycles. The third-order valence-corrected chi connectivity index (χ3v) is 5.12. The number of hydrogen-bond donors (Lipinski definition) is 2. The van der Waals surface area contributed by atoms with Crippen LogP contribution < -0.4 is 5.32 Å². The second-order valence-electron chi connectivity index (χ2n) is 6.35. The number of thioether (sulfide) groups is 1. The summed E-state index contributed by atoms with van der Waals surface area (Å²) in [6, 6.07) is 17.0. The summed E-state index contributed by atoms with van der Waals surface area (Å²) in [6.45, 7) is 3.92. The number of nitrogens with one attached hydrogen (secondary N) is 1. The van der Waals surface area contributed by atoms with Gasteiger partial charge in [-0.3, -0.25) is 9.59 Å². The van der Waals surface area contributed by atoms with Gasteiger partial charge in [0.05, 0.1) is 6.61 Å². The van der Waals surface area contributed by atoms with Crippen molar-refractivity contribution >= 4 is 23.6 Å². The molecule has 0 radical (unpaired) electrons. The number of aliphatic hydroxyl groups excluding tert-OH is 1. The van der Waals surface area contributed by atoms with Gasteiger partial charge in [0.1, 0.15) is 6.04 Å². The van der Waals surface area contributed by atoms with Crippen molar-refractivity contribution in [2.24, 2.45) is 0 Å². The summed E-state index contributed by atoms with van der Waals surface area (Å²) in [6.07, 6.45) is 0. The molecule has 2 N–H and O–H groups in total. The molecule has 2 rings (SSSR count). The Morgan fingerprint density at radius 3 is 2.37 bits per heavy atom. The molecule has 144 valence electrons. The molecule has 2 aromatic rings. The van der Waals surface area contributed by atoms with E-state index in [9.17, 15) is 14.7 Å². The van der Waals surface area contributed by atoms with Crippen molar-refractivity contribution < 1.29 is 14.7 Å². The molecule has 0 aliphatic heterocycles. The number of hydrogen-bond acceptors (Lipinski definition) is 4. The van der Waals surface area contributed by atoms with E-state index in [-0.39, 0.29) is 25.0 Å². The lowest BCUT2D eigenvalue weighted by atomic mass is 10.2. The van der Waals surface area contributed by atoms with E-state index in [0.29, 0.717) is 12.3 Å². The Bertz CT molecular complexity index is 735. The number of aliphatic hydroxyl groups is 1. The molecule has 2 amide bonds. The topological polar surface area (TPSA) is 69.6 Å². The minimum absolute atomic E-state index is 0.129. The molecule has 0 fully saturated rings. The Kier molecular flexibility index (Phi) is 8.36. The monoisotopic (exact) mass is 386 g/mol. The molecule has 0 saturated carbocycles. The van der Waals surface area contributed by atoms with E-state index in [1.807, 2.05) is 61.5 Å². The van der Waals surface area contributed by atoms with Crippen molar-refractivity contribution in [3.8, 4) is 0 Å². The van der Waals surface area contributed by atoms with Gasteiger partial charge in [0.15, 0.2) is 0 Å². The van der Waals surface area contributed by atoms with Crippen LogP contribution in [0.25, 0.3) is 0 Å². The van der Waals surface area contributed by atoms with E-state index in [2.05, 4.69) is 5.32 Å². The fraction of sp³-hybridized carbons (Fsp3) is 0.333. The molecule has 5 nitrogen and oxygen atoms in total. The third kappa shape index (κ3) is 7.07. The molecular formula is C21H26N2O3S. The van der Waals surface area contributed by atoms with Gasteiger partial charge in [-0.2, -0.15) is 0 Å². The molecule has 0 spiro atoms. The summed E-state index contributed by atoms with van der Waals surface area (Å²) in [5, 5.41) is 12.1. The maximum atomic E-state index is 13.0. The van der Waals surface area contributed by atoms with Crippen molar-refractivity contribution in [1.29, 1.82) is 0 Å². The number of nitrogens with zero attached hydrogens (tertiary/aromatic N) is 1. The molecule has 1 atom stereocenters. The van der Waals surface area contributed by atoms with Gasteiger partial charge in [0.2, 0.25) is 11.8 Å². The normalized spacial score (nSPS) is 11.7. The highest BCUT2D eigenvalue weighted by Crippen LogP contribution is 2.20. The first-order chi connectivity index (χ1) is 13.0. The zero-order valence-electron chi connectivity index (χ0n) is 15.7. The molecule has 0 heterocycles. The molecular weight excluding hydrogens is 360 g/mol. The van der Waals surface area contributed by atoms with E-state index in [4.69, 9.17) is 0 Å². The molecule has 0 aliphatic rings. The van der Waals surface area contributed by atoms with E-state index < -0.39 is 6.04 Å². The summed E-state index contributed by atoms with van der Waals surface area (Å²) in [7, 11) is 0. The lowest BCUT2D eigenvalue weighted by Crippen LogP contribution is -2.49. The summed E-state index contributed by atoms with van der Waals surface area (Å²) in [4.78, 5) is 27.3. The predicted molar refractivity (Wildman–Crippen MR) is 108 cm³/mol. The number of aryl methyl sites for hydroxylation is 1. The highest BCUT2D eigenvalue weighted by Gasteiger charge is 2.25. The minimum Gasteiger partial charge on any atom is -0.395 e. The number of carbonyl (C=O) groups excluding carboxylic acids is 2. The van der Waals surface area contributed by atoms with Crippen molar-refractivity contribution in [3.63, 3.8) is 0 Å². The van der Waals surface area contributed by atoms with Crippen LogP contribution in [0, 0.1) is 6.92 Å². The van der Waals surface area contributed by atoms with Gasteiger partial charge < -0.3 is 15.3 Å². The van der Waals surface area contributed by atoms with Crippen LogP contribution in [-0.2, 0) is 16.1 Å². The lowest BCUT2D eigenvalue weighted by Gasteiger charge is -2.27. The molecule has 1 unspecified atom stereocenters. The van der Waals surface area contributed by atoms with E-state index in [1.165, 1.54) is 24.2 Å². The Morgan fingerprint density at radius 2 is 1.78 bits per heavy atom. The SMILES string of the molecule is CC(=O)NC(CSc1ccc(C)cc1)C(=O)N(CCO)Cc1ccccc1. The van der Waals surface area contributed by atoms with Crippen molar-refractivity contribution in [2.75, 3.05) is 18.9 Å². The van der Waals surface area contributed by atoms with Crippen LogP contribution in [0.1, 0.15) is 18.1 Å². The fourth-order valence-corrected chi connectivity index (χ4v) is 3.56. The van der Waals surface area contributed by atoms with Crippen LogP contribution in [0.15, 0.2) is 59.5 Å². The van der Waals surface area contributed by atoms with Crippen LogP contribution in [0.4, 0.5) is 0 Å². The Labute approximate surface area is 164 Å².